The highest BCUT2D eigenvalue weighted by Gasteiger charge is 2.40. The van der Waals surface area contributed by atoms with Gasteiger partial charge in [-0.15, -0.1) is 0 Å². The lowest BCUT2D eigenvalue weighted by Crippen LogP contribution is -2.41. The quantitative estimate of drug-likeness (QED) is 0.796. The van der Waals surface area contributed by atoms with E-state index in [2.05, 4.69) is 10.2 Å². The minimum atomic E-state index is -1.37. The van der Waals surface area contributed by atoms with Crippen LogP contribution in [0.3, 0.4) is 0 Å². The summed E-state index contributed by atoms with van der Waals surface area (Å²) in [5, 5.41) is 15.5. The standard InChI is InChI=1S/C10H16N2O3/c1-9(2,3)15-10(4,8(13)14)7-5-11-12-6-7/h5-6H,1-4H3,(H,11,12)(H,13,14). The third kappa shape index (κ3) is 2.56. The lowest BCUT2D eigenvalue weighted by Gasteiger charge is -2.32. The topological polar surface area (TPSA) is 75.2 Å². The molecule has 1 atom stereocenters. The number of rotatable bonds is 3. The zero-order valence-corrected chi connectivity index (χ0v) is 9.37. The number of ether oxygens (including phenoxy) is 1. The van der Waals surface area contributed by atoms with Gasteiger partial charge in [0.1, 0.15) is 0 Å². The first-order valence-electron chi connectivity index (χ1n) is 4.68. The summed E-state index contributed by atoms with van der Waals surface area (Å²) in [5.41, 5.74) is -1.40. The first-order chi connectivity index (χ1) is 6.76. The summed E-state index contributed by atoms with van der Waals surface area (Å²) in [4.78, 5) is 11.2. The Morgan fingerprint density at radius 1 is 1.47 bits per heavy atom. The van der Waals surface area contributed by atoms with Crippen LogP contribution in [-0.4, -0.2) is 26.9 Å². The van der Waals surface area contributed by atoms with E-state index in [0.717, 1.165) is 0 Å². The number of carboxylic acid groups (broad SMARTS) is 1. The highest BCUT2D eigenvalue weighted by molar-refractivity contribution is 5.78. The molecule has 0 spiro atoms. The number of carboxylic acids is 1. The van der Waals surface area contributed by atoms with E-state index < -0.39 is 17.2 Å². The molecule has 0 fully saturated rings. The van der Waals surface area contributed by atoms with Gasteiger partial charge in [-0.05, 0) is 27.7 Å². The molecule has 0 saturated heterocycles. The molecule has 0 saturated carbocycles. The van der Waals surface area contributed by atoms with Crippen LogP contribution in [0.4, 0.5) is 0 Å². The summed E-state index contributed by atoms with van der Waals surface area (Å²) in [6.07, 6.45) is 2.99. The molecule has 0 bridgehead atoms. The van der Waals surface area contributed by atoms with Gasteiger partial charge in [0.05, 0.1) is 11.8 Å². The Balaban J connectivity index is 3.05. The Labute approximate surface area is 88.5 Å². The van der Waals surface area contributed by atoms with Crippen molar-refractivity contribution in [2.75, 3.05) is 0 Å². The molecule has 5 nitrogen and oxygen atoms in total. The SMILES string of the molecule is CC(C)(C)OC(C)(C(=O)O)c1cn[nH]c1. The molecule has 2 N–H and O–H groups in total. The molecule has 5 heteroatoms. The second kappa shape index (κ2) is 3.66. The molecule has 1 aromatic rings. The van der Waals surface area contributed by atoms with E-state index in [1.165, 1.54) is 19.3 Å². The van der Waals surface area contributed by atoms with Gasteiger partial charge in [0, 0.05) is 11.8 Å². The van der Waals surface area contributed by atoms with E-state index in [1.807, 2.05) is 20.8 Å². The van der Waals surface area contributed by atoms with Crippen molar-refractivity contribution in [3.63, 3.8) is 0 Å². The molecular formula is C10H16N2O3. The van der Waals surface area contributed by atoms with Crippen molar-refractivity contribution in [1.82, 2.24) is 10.2 Å². The van der Waals surface area contributed by atoms with Crippen LogP contribution >= 0.6 is 0 Å². The second-order valence-electron chi connectivity index (χ2n) is 4.54. The number of carbonyl (C=O) groups is 1. The molecule has 0 aliphatic rings. The monoisotopic (exact) mass is 212 g/mol. The van der Waals surface area contributed by atoms with Crippen LogP contribution in [-0.2, 0) is 15.1 Å². The summed E-state index contributed by atoms with van der Waals surface area (Å²) in [5.74, 6) is -1.03. The first kappa shape index (κ1) is 11.7. The van der Waals surface area contributed by atoms with Gasteiger partial charge < -0.3 is 9.84 Å². The molecule has 15 heavy (non-hydrogen) atoms. The zero-order chi connectivity index (χ0) is 11.7. The lowest BCUT2D eigenvalue weighted by atomic mass is 9.98. The van der Waals surface area contributed by atoms with Gasteiger partial charge in [0.15, 0.2) is 5.60 Å². The van der Waals surface area contributed by atoms with Crippen LogP contribution in [0.2, 0.25) is 0 Å². The number of aromatic amines is 1. The number of hydrogen-bond acceptors (Lipinski definition) is 3. The van der Waals surface area contributed by atoms with Crippen molar-refractivity contribution in [1.29, 1.82) is 0 Å². The highest BCUT2D eigenvalue weighted by atomic mass is 16.5. The summed E-state index contributed by atoms with van der Waals surface area (Å²) in [7, 11) is 0. The van der Waals surface area contributed by atoms with Gasteiger partial charge in [-0.1, -0.05) is 0 Å². The normalized spacial score (nSPS) is 16.0. The average Bonchev–Trinajstić information content (AvgIpc) is 2.51. The maximum atomic E-state index is 11.2. The van der Waals surface area contributed by atoms with E-state index in [1.54, 1.807) is 0 Å². The van der Waals surface area contributed by atoms with Crippen LogP contribution < -0.4 is 0 Å². The van der Waals surface area contributed by atoms with Crippen LogP contribution in [0.15, 0.2) is 12.4 Å². The van der Waals surface area contributed by atoms with Crippen molar-refractivity contribution in [2.24, 2.45) is 0 Å². The van der Waals surface area contributed by atoms with Crippen molar-refractivity contribution in [3.05, 3.63) is 18.0 Å². The number of nitrogens with one attached hydrogen (secondary N) is 1. The summed E-state index contributed by atoms with van der Waals surface area (Å²) in [6, 6.07) is 0. The maximum Gasteiger partial charge on any atom is 0.340 e. The molecule has 0 aromatic carbocycles. The van der Waals surface area contributed by atoms with Crippen LogP contribution in [0.1, 0.15) is 33.3 Å². The average molecular weight is 212 g/mol. The number of H-pyrrole nitrogens is 1. The number of hydrogen-bond donors (Lipinski definition) is 2. The summed E-state index contributed by atoms with van der Waals surface area (Å²) < 4.78 is 5.57. The Morgan fingerprint density at radius 3 is 2.40 bits per heavy atom. The van der Waals surface area contributed by atoms with Crippen LogP contribution in [0, 0.1) is 0 Å². The Hall–Kier alpha value is -1.36. The third-order valence-electron chi connectivity index (χ3n) is 1.97. The van der Waals surface area contributed by atoms with Crippen molar-refractivity contribution in [2.45, 2.75) is 38.9 Å². The lowest BCUT2D eigenvalue weighted by molar-refractivity contribution is -0.183. The zero-order valence-electron chi connectivity index (χ0n) is 9.37. The third-order valence-corrected chi connectivity index (χ3v) is 1.97. The predicted molar refractivity (Wildman–Crippen MR) is 54.4 cm³/mol. The minimum absolute atomic E-state index is 0.505. The minimum Gasteiger partial charge on any atom is -0.479 e. The van der Waals surface area contributed by atoms with E-state index in [9.17, 15) is 9.90 Å². The summed E-state index contributed by atoms with van der Waals surface area (Å²) >= 11 is 0. The molecule has 0 aliphatic carbocycles. The molecule has 84 valence electrons. The molecular weight excluding hydrogens is 196 g/mol. The van der Waals surface area contributed by atoms with Crippen LogP contribution in [0.25, 0.3) is 0 Å². The van der Waals surface area contributed by atoms with Crippen LogP contribution in [0.5, 0.6) is 0 Å². The van der Waals surface area contributed by atoms with E-state index >= 15 is 0 Å². The predicted octanol–water partition coefficient (Wildman–Crippen LogP) is 1.52. The Morgan fingerprint density at radius 2 is 2.07 bits per heavy atom. The second-order valence-corrected chi connectivity index (χ2v) is 4.54. The fourth-order valence-electron chi connectivity index (χ4n) is 1.35. The van der Waals surface area contributed by atoms with Gasteiger partial charge in [0.25, 0.3) is 0 Å². The van der Waals surface area contributed by atoms with Gasteiger partial charge >= 0.3 is 5.97 Å². The highest BCUT2D eigenvalue weighted by Crippen LogP contribution is 2.30. The number of aliphatic carboxylic acids is 1. The molecule has 1 heterocycles. The Bertz CT molecular complexity index is 340. The maximum absolute atomic E-state index is 11.2. The molecule has 0 aliphatic heterocycles. The van der Waals surface area contributed by atoms with Crippen molar-refractivity contribution < 1.29 is 14.6 Å². The molecule has 1 aromatic heterocycles. The summed E-state index contributed by atoms with van der Waals surface area (Å²) in [6.45, 7) is 6.96. The Kier molecular flexibility index (Phi) is 2.86. The van der Waals surface area contributed by atoms with Crippen molar-refractivity contribution in [3.8, 4) is 0 Å². The molecule has 1 unspecified atom stereocenters. The van der Waals surface area contributed by atoms with Gasteiger partial charge in [0.2, 0.25) is 0 Å². The largest absolute Gasteiger partial charge is 0.479 e. The number of nitrogens with zero attached hydrogens (tertiary/aromatic N) is 1. The van der Waals surface area contributed by atoms with E-state index in [-0.39, 0.29) is 0 Å². The van der Waals surface area contributed by atoms with Gasteiger partial charge in [-0.25, -0.2) is 4.79 Å². The molecule has 0 amide bonds. The smallest absolute Gasteiger partial charge is 0.340 e. The van der Waals surface area contributed by atoms with E-state index in [0.29, 0.717) is 5.56 Å². The van der Waals surface area contributed by atoms with Gasteiger partial charge in [-0.2, -0.15) is 5.10 Å². The molecule has 1 rings (SSSR count). The fourth-order valence-corrected chi connectivity index (χ4v) is 1.35. The number of aromatic nitrogens is 2. The van der Waals surface area contributed by atoms with E-state index in [4.69, 9.17) is 4.74 Å². The van der Waals surface area contributed by atoms with Crippen molar-refractivity contribution >= 4 is 5.97 Å². The molecule has 0 radical (unpaired) electrons. The first-order valence-corrected chi connectivity index (χ1v) is 4.68. The fraction of sp³-hybridized carbons (Fsp3) is 0.600. The van der Waals surface area contributed by atoms with Gasteiger partial charge in [-0.3, -0.25) is 5.10 Å².